The minimum absolute atomic E-state index is 0.0353. The summed E-state index contributed by atoms with van der Waals surface area (Å²) >= 11 is 0. The highest BCUT2D eigenvalue weighted by atomic mass is 19.4. The number of carbonyl (C=O) groups is 1. The number of alkyl halides is 6. The Morgan fingerprint density at radius 1 is 1.07 bits per heavy atom. The molecule has 1 amide bonds. The first-order valence-corrected chi connectivity index (χ1v) is 8.39. The van der Waals surface area contributed by atoms with Crippen molar-refractivity contribution >= 4 is 11.6 Å². The van der Waals surface area contributed by atoms with E-state index in [2.05, 4.69) is 4.98 Å². The maximum atomic E-state index is 13.0. The Morgan fingerprint density at radius 3 is 2.27 bits per heavy atom. The van der Waals surface area contributed by atoms with Crippen LogP contribution in [0.1, 0.15) is 16.1 Å². The fourth-order valence-corrected chi connectivity index (χ4v) is 2.85. The molecule has 11 heteroatoms. The molecule has 0 atom stereocenters. The minimum Gasteiger partial charge on any atom is -0.333 e. The zero-order valence-corrected chi connectivity index (χ0v) is 15.3. The number of aromatic nitrogens is 2. The lowest BCUT2D eigenvalue weighted by atomic mass is 10.0. The molecule has 1 aromatic carbocycles. The topological polar surface area (TPSA) is 54.7 Å². The second-order valence-corrected chi connectivity index (χ2v) is 6.45. The molecule has 5 nitrogen and oxygen atoms in total. The van der Waals surface area contributed by atoms with E-state index in [0.29, 0.717) is 16.5 Å². The molecule has 0 bridgehead atoms. The summed E-state index contributed by atoms with van der Waals surface area (Å²) in [6, 6.07) is 8.48. The van der Waals surface area contributed by atoms with Crippen molar-refractivity contribution in [2.45, 2.75) is 12.4 Å². The van der Waals surface area contributed by atoms with Crippen LogP contribution in [0.15, 0.2) is 53.5 Å². The predicted molar refractivity (Wildman–Crippen MR) is 94.9 cm³/mol. The molecule has 158 valence electrons. The second kappa shape index (κ2) is 7.47. The van der Waals surface area contributed by atoms with E-state index in [4.69, 9.17) is 0 Å². The van der Waals surface area contributed by atoms with Gasteiger partial charge in [0, 0.05) is 30.4 Å². The van der Waals surface area contributed by atoms with Gasteiger partial charge in [0.15, 0.2) is 5.69 Å². The summed E-state index contributed by atoms with van der Waals surface area (Å²) in [6.45, 7) is -1.43. The van der Waals surface area contributed by atoms with Gasteiger partial charge in [-0.3, -0.25) is 14.0 Å². The summed E-state index contributed by atoms with van der Waals surface area (Å²) in [6.07, 6.45) is -8.11. The lowest BCUT2D eigenvalue weighted by Crippen LogP contribution is -2.35. The highest BCUT2D eigenvalue weighted by molar-refractivity contribution is 5.94. The quantitative estimate of drug-likeness (QED) is 0.592. The van der Waals surface area contributed by atoms with E-state index < -0.39 is 36.1 Å². The van der Waals surface area contributed by atoms with Gasteiger partial charge in [-0.05, 0) is 29.8 Å². The van der Waals surface area contributed by atoms with Gasteiger partial charge in [-0.15, -0.1) is 0 Å². The van der Waals surface area contributed by atoms with Crippen molar-refractivity contribution in [1.29, 1.82) is 0 Å². The average molecular weight is 429 g/mol. The maximum Gasteiger partial charge on any atom is 0.433 e. The van der Waals surface area contributed by atoms with E-state index in [9.17, 15) is 35.9 Å². The summed E-state index contributed by atoms with van der Waals surface area (Å²) in [4.78, 5) is 28.2. The molecule has 0 N–H and O–H groups in total. The molecule has 2 aromatic heterocycles. The fourth-order valence-electron chi connectivity index (χ4n) is 2.85. The summed E-state index contributed by atoms with van der Waals surface area (Å²) in [7, 11) is 1.00. The van der Waals surface area contributed by atoms with Gasteiger partial charge in [0.1, 0.15) is 12.2 Å². The SMILES string of the molecule is CN(CC(F)(F)F)C(=O)c1ccc(-c2cccn3c(=O)cc(C(F)(F)F)nc23)cc1. The lowest BCUT2D eigenvalue weighted by molar-refractivity contribution is -0.141. The van der Waals surface area contributed by atoms with Gasteiger partial charge >= 0.3 is 12.4 Å². The first-order valence-electron chi connectivity index (χ1n) is 8.39. The molecule has 0 aliphatic rings. The Bertz CT molecular complexity index is 1150. The Kier molecular flexibility index (Phi) is 5.31. The van der Waals surface area contributed by atoms with Crippen LogP contribution in [0, 0.1) is 0 Å². The van der Waals surface area contributed by atoms with Gasteiger partial charge in [0.25, 0.3) is 11.5 Å². The normalized spacial score (nSPS) is 12.2. The van der Waals surface area contributed by atoms with E-state index in [0.717, 1.165) is 11.4 Å². The molecule has 3 aromatic rings. The van der Waals surface area contributed by atoms with E-state index in [-0.39, 0.29) is 16.8 Å². The summed E-state index contributed by atoms with van der Waals surface area (Å²) < 4.78 is 77.4. The minimum atomic E-state index is -4.82. The van der Waals surface area contributed by atoms with Crippen LogP contribution in [0.4, 0.5) is 26.3 Å². The summed E-state index contributed by atoms with van der Waals surface area (Å²) in [5.41, 5.74) is -2.04. The van der Waals surface area contributed by atoms with Crippen molar-refractivity contribution in [3.05, 3.63) is 70.3 Å². The van der Waals surface area contributed by atoms with E-state index >= 15 is 0 Å². The monoisotopic (exact) mass is 429 g/mol. The number of carbonyl (C=O) groups excluding carboxylic acids is 1. The number of nitrogens with zero attached hydrogens (tertiary/aromatic N) is 3. The first kappa shape index (κ1) is 21.3. The number of hydrogen-bond acceptors (Lipinski definition) is 3. The van der Waals surface area contributed by atoms with Crippen molar-refractivity contribution < 1.29 is 31.1 Å². The molecule has 0 aliphatic heterocycles. The zero-order chi connectivity index (χ0) is 22.3. The summed E-state index contributed by atoms with van der Waals surface area (Å²) in [5, 5.41) is 0. The first-order chi connectivity index (χ1) is 13.9. The van der Waals surface area contributed by atoms with Gasteiger partial charge in [-0.25, -0.2) is 4.98 Å². The van der Waals surface area contributed by atoms with Crippen LogP contribution in [-0.4, -0.2) is 40.0 Å². The standard InChI is InChI=1S/C19H13F6N3O2/c1-27(10-18(20,21)22)17(30)12-6-4-11(5-7-12)13-3-2-8-28-15(29)9-14(19(23,24)25)26-16(13)28/h2-9H,10H2,1H3. The number of rotatable bonds is 3. The Hall–Kier alpha value is -3.37. The molecule has 0 radical (unpaired) electrons. The molecule has 0 unspecified atom stereocenters. The number of pyridine rings is 1. The highest BCUT2D eigenvalue weighted by Crippen LogP contribution is 2.29. The highest BCUT2D eigenvalue weighted by Gasteiger charge is 2.34. The van der Waals surface area contributed by atoms with E-state index in [1.165, 1.54) is 42.6 Å². The van der Waals surface area contributed by atoms with Crippen LogP contribution in [0.3, 0.4) is 0 Å². The number of halogens is 6. The Balaban J connectivity index is 2.02. The van der Waals surface area contributed by atoms with Crippen molar-refractivity contribution in [3.63, 3.8) is 0 Å². The number of benzene rings is 1. The number of amides is 1. The number of hydrogen-bond donors (Lipinski definition) is 0. The third kappa shape index (κ3) is 4.44. The molecular weight excluding hydrogens is 416 g/mol. The van der Waals surface area contributed by atoms with Crippen molar-refractivity contribution in [1.82, 2.24) is 14.3 Å². The maximum absolute atomic E-state index is 13.0. The van der Waals surface area contributed by atoms with Gasteiger partial charge in [-0.2, -0.15) is 26.3 Å². The fraction of sp³-hybridized carbons (Fsp3) is 0.211. The van der Waals surface area contributed by atoms with Crippen LogP contribution < -0.4 is 5.56 Å². The van der Waals surface area contributed by atoms with Crippen LogP contribution in [0.5, 0.6) is 0 Å². The zero-order valence-electron chi connectivity index (χ0n) is 15.3. The van der Waals surface area contributed by atoms with Gasteiger partial charge in [-0.1, -0.05) is 12.1 Å². The third-order valence-electron chi connectivity index (χ3n) is 4.19. The lowest BCUT2D eigenvalue weighted by Gasteiger charge is -2.19. The molecule has 3 rings (SSSR count). The Labute approximate surface area is 165 Å². The molecule has 0 fully saturated rings. The molecule has 2 heterocycles. The molecule has 30 heavy (non-hydrogen) atoms. The molecule has 0 aliphatic carbocycles. The van der Waals surface area contributed by atoms with Crippen LogP contribution in [-0.2, 0) is 6.18 Å². The Morgan fingerprint density at radius 2 is 1.70 bits per heavy atom. The molecular formula is C19H13F6N3O2. The van der Waals surface area contributed by atoms with E-state index in [1.807, 2.05) is 0 Å². The summed E-state index contributed by atoms with van der Waals surface area (Å²) in [5.74, 6) is -0.870. The van der Waals surface area contributed by atoms with Crippen molar-refractivity contribution in [2.75, 3.05) is 13.6 Å². The second-order valence-electron chi connectivity index (χ2n) is 6.45. The van der Waals surface area contributed by atoms with Crippen molar-refractivity contribution in [2.24, 2.45) is 0 Å². The smallest absolute Gasteiger partial charge is 0.333 e. The largest absolute Gasteiger partial charge is 0.433 e. The number of fused-ring (bicyclic) bond motifs is 1. The van der Waals surface area contributed by atoms with Gasteiger partial charge < -0.3 is 4.90 Å². The van der Waals surface area contributed by atoms with Crippen LogP contribution in [0.2, 0.25) is 0 Å². The predicted octanol–water partition coefficient (Wildman–Crippen LogP) is 4.01. The van der Waals surface area contributed by atoms with Gasteiger partial charge in [0.2, 0.25) is 0 Å². The van der Waals surface area contributed by atoms with Crippen molar-refractivity contribution in [3.8, 4) is 11.1 Å². The molecule has 0 saturated carbocycles. The van der Waals surface area contributed by atoms with Crippen LogP contribution in [0.25, 0.3) is 16.8 Å². The van der Waals surface area contributed by atoms with Crippen LogP contribution >= 0.6 is 0 Å². The molecule has 0 spiro atoms. The van der Waals surface area contributed by atoms with E-state index in [1.54, 1.807) is 0 Å². The molecule has 0 saturated heterocycles. The average Bonchev–Trinajstić information content (AvgIpc) is 2.65. The third-order valence-corrected chi connectivity index (χ3v) is 4.19. The van der Waals surface area contributed by atoms with Gasteiger partial charge in [0.05, 0.1) is 0 Å².